The van der Waals surface area contributed by atoms with Gasteiger partial charge in [-0.3, -0.25) is 4.98 Å². The van der Waals surface area contributed by atoms with Gasteiger partial charge in [-0.05, 0) is 36.8 Å². The quantitative estimate of drug-likeness (QED) is 0.694. The summed E-state index contributed by atoms with van der Waals surface area (Å²) in [5.74, 6) is 1.08. The van der Waals surface area contributed by atoms with E-state index in [4.69, 9.17) is 23.2 Å². The number of pyridine rings is 1. The molecular weight excluding hydrogens is 319 g/mol. The minimum atomic E-state index is 0.347. The Morgan fingerprint density at radius 1 is 1.05 bits per heavy atom. The summed E-state index contributed by atoms with van der Waals surface area (Å²) in [6.07, 6.45) is 3.38. The second-order valence-corrected chi connectivity index (χ2v) is 5.54. The van der Waals surface area contributed by atoms with E-state index in [0.717, 1.165) is 16.8 Å². The van der Waals surface area contributed by atoms with Crippen LogP contribution in [0, 0.1) is 6.92 Å². The highest BCUT2D eigenvalue weighted by Gasteiger charge is 2.08. The number of nitrogens with one attached hydrogen (secondary N) is 1. The molecule has 0 aliphatic carbocycles. The van der Waals surface area contributed by atoms with Gasteiger partial charge in [-0.2, -0.15) is 0 Å². The van der Waals surface area contributed by atoms with Crippen molar-refractivity contribution in [3.8, 4) is 11.4 Å². The molecule has 110 valence electrons. The summed E-state index contributed by atoms with van der Waals surface area (Å²) in [6, 6.07) is 11.1. The van der Waals surface area contributed by atoms with Crippen LogP contribution in [0.2, 0.25) is 10.2 Å². The van der Waals surface area contributed by atoms with Gasteiger partial charge in [0, 0.05) is 24.0 Å². The second kappa shape index (κ2) is 6.30. The molecular formula is C16H12Cl2N4. The third-order valence-corrected chi connectivity index (χ3v) is 3.52. The van der Waals surface area contributed by atoms with Gasteiger partial charge in [0.25, 0.3) is 0 Å². The molecule has 3 aromatic rings. The third-order valence-electron chi connectivity index (χ3n) is 3.00. The highest BCUT2D eigenvalue weighted by atomic mass is 35.5. The molecule has 22 heavy (non-hydrogen) atoms. The van der Waals surface area contributed by atoms with E-state index in [1.54, 1.807) is 18.5 Å². The summed E-state index contributed by atoms with van der Waals surface area (Å²) in [5, 5.41) is 4.14. The van der Waals surface area contributed by atoms with Crippen molar-refractivity contribution in [2.45, 2.75) is 6.92 Å². The van der Waals surface area contributed by atoms with Crippen LogP contribution in [-0.4, -0.2) is 15.0 Å². The molecule has 0 saturated carbocycles. The van der Waals surface area contributed by atoms with Crippen molar-refractivity contribution in [1.82, 2.24) is 15.0 Å². The molecule has 3 rings (SSSR count). The first kappa shape index (κ1) is 14.8. The molecule has 6 heteroatoms. The molecule has 0 fully saturated rings. The van der Waals surface area contributed by atoms with Gasteiger partial charge in [-0.1, -0.05) is 29.3 Å². The summed E-state index contributed by atoms with van der Waals surface area (Å²) in [4.78, 5) is 12.8. The van der Waals surface area contributed by atoms with Gasteiger partial charge in [0.2, 0.25) is 0 Å². The number of anilines is 2. The highest BCUT2D eigenvalue weighted by molar-refractivity contribution is 6.33. The van der Waals surface area contributed by atoms with E-state index in [0.29, 0.717) is 21.8 Å². The van der Waals surface area contributed by atoms with E-state index in [2.05, 4.69) is 20.3 Å². The summed E-state index contributed by atoms with van der Waals surface area (Å²) in [6.45, 7) is 2.00. The fourth-order valence-corrected chi connectivity index (χ4v) is 2.33. The fourth-order valence-electron chi connectivity index (χ4n) is 1.98. The molecule has 0 aliphatic rings. The van der Waals surface area contributed by atoms with E-state index in [-0.39, 0.29) is 0 Å². The maximum Gasteiger partial charge on any atom is 0.164 e. The maximum atomic E-state index is 6.19. The van der Waals surface area contributed by atoms with Crippen LogP contribution in [0.1, 0.15) is 5.56 Å². The zero-order valence-corrected chi connectivity index (χ0v) is 13.2. The van der Waals surface area contributed by atoms with E-state index < -0.39 is 0 Å². The first-order valence-corrected chi connectivity index (χ1v) is 7.35. The number of aryl methyl sites for hydroxylation is 1. The van der Waals surface area contributed by atoms with Crippen LogP contribution in [0.5, 0.6) is 0 Å². The zero-order valence-electron chi connectivity index (χ0n) is 11.7. The maximum absolute atomic E-state index is 6.19. The summed E-state index contributed by atoms with van der Waals surface area (Å²) < 4.78 is 0. The minimum absolute atomic E-state index is 0.347. The molecule has 1 aromatic carbocycles. The Morgan fingerprint density at radius 3 is 2.68 bits per heavy atom. The monoisotopic (exact) mass is 330 g/mol. The largest absolute Gasteiger partial charge is 0.339 e. The Morgan fingerprint density at radius 2 is 1.91 bits per heavy atom. The lowest BCUT2D eigenvalue weighted by Gasteiger charge is -2.10. The van der Waals surface area contributed by atoms with Gasteiger partial charge >= 0.3 is 0 Å². The van der Waals surface area contributed by atoms with Crippen molar-refractivity contribution in [2.75, 3.05) is 5.32 Å². The van der Waals surface area contributed by atoms with Gasteiger partial charge in [0.05, 0.1) is 10.7 Å². The Kier molecular flexibility index (Phi) is 4.22. The van der Waals surface area contributed by atoms with E-state index in [1.165, 1.54) is 0 Å². The summed E-state index contributed by atoms with van der Waals surface area (Å²) in [5.41, 5.74) is 2.66. The lowest BCUT2D eigenvalue weighted by atomic mass is 10.2. The van der Waals surface area contributed by atoms with Crippen LogP contribution in [0.15, 0.2) is 48.8 Å². The van der Waals surface area contributed by atoms with Crippen molar-refractivity contribution < 1.29 is 0 Å². The van der Waals surface area contributed by atoms with Crippen LogP contribution < -0.4 is 5.32 Å². The van der Waals surface area contributed by atoms with Gasteiger partial charge < -0.3 is 5.32 Å². The average Bonchev–Trinajstić information content (AvgIpc) is 2.51. The molecule has 4 nitrogen and oxygen atoms in total. The number of hydrogen-bond donors (Lipinski definition) is 1. The van der Waals surface area contributed by atoms with Crippen molar-refractivity contribution in [3.63, 3.8) is 0 Å². The molecule has 0 aliphatic heterocycles. The topological polar surface area (TPSA) is 50.7 Å². The Balaban J connectivity index is 1.98. The van der Waals surface area contributed by atoms with Crippen LogP contribution in [0.4, 0.5) is 11.5 Å². The van der Waals surface area contributed by atoms with E-state index in [9.17, 15) is 0 Å². The average molecular weight is 331 g/mol. The lowest BCUT2D eigenvalue weighted by molar-refractivity contribution is 1.16. The standard InChI is InChI=1S/C16H12Cl2N4/c1-10-4-5-12(17)13(7-10)20-15-8-14(18)21-16(22-15)11-3-2-6-19-9-11/h2-9H,1H3,(H,20,21,22). The Hall–Kier alpha value is -2.17. The molecule has 2 heterocycles. The number of halogens is 2. The summed E-state index contributed by atoms with van der Waals surface area (Å²) >= 11 is 12.3. The van der Waals surface area contributed by atoms with Gasteiger partial charge in [-0.25, -0.2) is 9.97 Å². The van der Waals surface area contributed by atoms with Gasteiger partial charge in [0.15, 0.2) is 5.82 Å². The van der Waals surface area contributed by atoms with Crippen LogP contribution in [-0.2, 0) is 0 Å². The zero-order chi connectivity index (χ0) is 15.5. The fraction of sp³-hybridized carbons (Fsp3) is 0.0625. The molecule has 0 amide bonds. The lowest BCUT2D eigenvalue weighted by Crippen LogP contribution is -1.98. The predicted octanol–water partition coefficient (Wildman–Crippen LogP) is 4.90. The number of rotatable bonds is 3. The smallest absolute Gasteiger partial charge is 0.164 e. The number of hydrogen-bond acceptors (Lipinski definition) is 4. The highest BCUT2D eigenvalue weighted by Crippen LogP contribution is 2.27. The molecule has 2 aromatic heterocycles. The molecule has 0 spiro atoms. The number of nitrogens with zero attached hydrogens (tertiary/aromatic N) is 3. The van der Waals surface area contributed by atoms with E-state index >= 15 is 0 Å². The SMILES string of the molecule is Cc1ccc(Cl)c(Nc2cc(Cl)nc(-c3cccnc3)n2)c1. The predicted molar refractivity (Wildman–Crippen MR) is 89.7 cm³/mol. The molecule has 0 atom stereocenters. The molecule has 0 bridgehead atoms. The first-order valence-electron chi connectivity index (χ1n) is 6.60. The van der Waals surface area contributed by atoms with Crippen LogP contribution in [0.3, 0.4) is 0 Å². The minimum Gasteiger partial charge on any atom is -0.339 e. The first-order chi connectivity index (χ1) is 10.6. The molecule has 0 radical (unpaired) electrons. The van der Waals surface area contributed by atoms with Crippen molar-refractivity contribution >= 4 is 34.7 Å². The van der Waals surface area contributed by atoms with Crippen LogP contribution in [0.25, 0.3) is 11.4 Å². The Bertz CT molecular complexity index is 806. The third kappa shape index (κ3) is 3.35. The normalized spacial score (nSPS) is 10.5. The molecule has 0 saturated heterocycles. The van der Waals surface area contributed by atoms with Gasteiger partial charge in [-0.15, -0.1) is 0 Å². The van der Waals surface area contributed by atoms with E-state index in [1.807, 2.05) is 37.3 Å². The summed E-state index contributed by atoms with van der Waals surface area (Å²) in [7, 11) is 0. The number of benzene rings is 1. The van der Waals surface area contributed by atoms with Gasteiger partial charge in [0.1, 0.15) is 11.0 Å². The Labute approximate surface area is 138 Å². The molecule has 1 N–H and O–H groups in total. The van der Waals surface area contributed by atoms with Crippen molar-refractivity contribution in [3.05, 3.63) is 64.5 Å². The van der Waals surface area contributed by atoms with Crippen molar-refractivity contribution in [2.24, 2.45) is 0 Å². The number of aromatic nitrogens is 3. The second-order valence-electron chi connectivity index (χ2n) is 4.75. The molecule has 0 unspecified atom stereocenters. The van der Waals surface area contributed by atoms with Crippen LogP contribution >= 0.6 is 23.2 Å². The van der Waals surface area contributed by atoms with Crippen molar-refractivity contribution in [1.29, 1.82) is 0 Å².